The molecule has 1 N–H and O–H groups in total. The van der Waals surface area contributed by atoms with E-state index in [0.717, 1.165) is 17.3 Å². The first kappa shape index (κ1) is 16.9. The molecule has 0 saturated heterocycles. The van der Waals surface area contributed by atoms with Crippen molar-refractivity contribution < 1.29 is 9.59 Å². The second kappa shape index (κ2) is 7.72. The van der Waals surface area contributed by atoms with Crippen LogP contribution in [0.3, 0.4) is 0 Å². The first-order chi connectivity index (χ1) is 11.0. The summed E-state index contributed by atoms with van der Waals surface area (Å²) in [6.45, 7) is 5.99. The predicted molar refractivity (Wildman–Crippen MR) is 92.1 cm³/mol. The Bertz CT molecular complexity index is 694. The highest BCUT2D eigenvalue weighted by Crippen LogP contribution is 2.20. The highest BCUT2D eigenvalue weighted by atomic mass is 16.2. The fourth-order valence-electron chi connectivity index (χ4n) is 2.55. The van der Waals surface area contributed by atoms with Gasteiger partial charge in [0, 0.05) is 37.5 Å². The van der Waals surface area contributed by atoms with Gasteiger partial charge in [-0.2, -0.15) is 0 Å². The summed E-state index contributed by atoms with van der Waals surface area (Å²) < 4.78 is 0. The maximum atomic E-state index is 12.2. The minimum atomic E-state index is -0.113. The summed E-state index contributed by atoms with van der Waals surface area (Å²) in [5, 5.41) is 3.88. The maximum absolute atomic E-state index is 12.2. The summed E-state index contributed by atoms with van der Waals surface area (Å²) in [6, 6.07) is 9.65. The smallest absolute Gasteiger partial charge is 0.226 e. The zero-order valence-electron chi connectivity index (χ0n) is 13.9. The van der Waals surface area contributed by atoms with Crippen molar-refractivity contribution in [1.29, 1.82) is 0 Å². The molecule has 0 spiro atoms. The van der Waals surface area contributed by atoms with Crippen LogP contribution in [0, 0.1) is 0 Å². The molecule has 1 atom stereocenters. The Morgan fingerprint density at radius 2 is 2.00 bits per heavy atom. The molecule has 2 amide bonds. The van der Waals surface area contributed by atoms with Crippen LogP contribution in [0.1, 0.15) is 33.6 Å². The Kier molecular flexibility index (Phi) is 5.68. The van der Waals surface area contributed by atoms with Crippen molar-refractivity contribution in [2.45, 2.75) is 39.7 Å². The van der Waals surface area contributed by atoms with Gasteiger partial charge in [-0.05, 0) is 25.5 Å². The van der Waals surface area contributed by atoms with Crippen LogP contribution >= 0.6 is 0 Å². The van der Waals surface area contributed by atoms with Crippen molar-refractivity contribution in [2.75, 3.05) is 11.9 Å². The van der Waals surface area contributed by atoms with E-state index in [-0.39, 0.29) is 24.3 Å². The molecule has 1 unspecified atom stereocenters. The minimum Gasteiger partial charge on any atom is -0.340 e. The number of rotatable bonds is 6. The number of aromatic nitrogens is 1. The number of benzene rings is 1. The van der Waals surface area contributed by atoms with Gasteiger partial charge in [0.1, 0.15) is 0 Å². The number of fused-ring (bicyclic) bond motifs is 1. The average Bonchev–Trinajstić information content (AvgIpc) is 2.54. The number of hydrogen-bond acceptors (Lipinski definition) is 3. The Labute approximate surface area is 136 Å². The molecular weight excluding hydrogens is 290 g/mol. The predicted octanol–water partition coefficient (Wildman–Crippen LogP) is 3.21. The summed E-state index contributed by atoms with van der Waals surface area (Å²) in [7, 11) is 0. The Morgan fingerprint density at radius 3 is 2.70 bits per heavy atom. The monoisotopic (exact) mass is 313 g/mol. The molecule has 2 aromatic rings. The number of pyridine rings is 1. The van der Waals surface area contributed by atoms with Crippen LogP contribution in [-0.4, -0.2) is 34.3 Å². The zero-order chi connectivity index (χ0) is 16.8. The number of para-hydroxylation sites is 1. The van der Waals surface area contributed by atoms with Crippen molar-refractivity contribution in [3.8, 4) is 0 Å². The number of carbonyl (C=O) groups excluding carboxylic acids is 2. The molecule has 1 aromatic carbocycles. The van der Waals surface area contributed by atoms with Crippen LogP contribution in [0.2, 0.25) is 0 Å². The molecule has 0 aliphatic carbocycles. The number of nitrogens with one attached hydrogen (secondary N) is 1. The second-order valence-corrected chi connectivity index (χ2v) is 5.65. The van der Waals surface area contributed by atoms with Gasteiger partial charge in [-0.1, -0.05) is 25.1 Å². The Morgan fingerprint density at radius 1 is 1.26 bits per heavy atom. The lowest BCUT2D eigenvalue weighted by Gasteiger charge is -2.27. The molecule has 0 bridgehead atoms. The summed E-state index contributed by atoms with van der Waals surface area (Å²) in [4.78, 5) is 29.9. The van der Waals surface area contributed by atoms with Crippen molar-refractivity contribution in [1.82, 2.24) is 9.88 Å². The van der Waals surface area contributed by atoms with Gasteiger partial charge in [0.25, 0.3) is 0 Å². The molecule has 23 heavy (non-hydrogen) atoms. The van der Waals surface area contributed by atoms with Crippen molar-refractivity contribution >= 4 is 28.4 Å². The topological polar surface area (TPSA) is 62.3 Å². The number of hydrogen-bond donors (Lipinski definition) is 1. The lowest BCUT2D eigenvalue weighted by molar-refractivity contribution is -0.131. The third-order valence-corrected chi connectivity index (χ3v) is 4.01. The fraction of sp³-hybridized carbons (Fsp3) is 0.389. The molecule has 0 aliphatic rings. The van der Waals surface area contributed by atoms with Crippen molar-refractivity contribution in [3.63, 3.8) is 0 Å². The van der Waals surface area contributed by atoms with Crippen molar-refractivity contribution in [3.05, 3.63) is 36.5 Å². The lowest BCUT2D eigenvalue weighted by atomic mass is 10.2. The van der Waals surface area contributed by atoms with Crippen LogP contribution in [0.15, 0.2) is 36.5 Å². The summed E-state index contributed by atoms with van der Waals surface area (Å²) >= 11 is 0. The van der Waals surface area contributed by atoms with Gasteiger partial charge < -0.3 is 10.2 Å². The molecule has 2 rings (SSSR count). The van der Waals surface area contributed by atoms with Gasteiger partial charge in [-0.15, -0.1) is 0 Å². The first-order valence-electron chi connectivity index (χ1n) is 7.93. The summed E-state index contributed by atoms with van der Waals surface area (Å²) in [6.07, 6.45) is 2.85. The molecule has 5 heteroatoms. The SMILES string of the molecule is CCC(C)N(CCC(=O)Nc1cccc2cccnc12)C(C)=O. The molecule has 5 nitrogen and oxygen atoms in total. The van der Waals surface area contributed by atoms with E-state index in [9.17, 15) is 9.59 Å². The molecule has 1 heterocycles. The molecule has 0 saturated carbocycles. The standard InChI is InChI=1S/C18H23N3O2/c1-4-13(2)21(14(3)22)12-10-17(23)20-16-9-5-7-15-8-6-11-19-18(15)16/h5-9,11,13H,4,10,12H2,1-3H3,(H,20,23). The number of carbonyl (C=O) groups is 2. The quantitative estimate of drug-likeness (QED) is 0.890. The second-order valence-electron chi connectivity index (χ2n) is 5.65. The zero-order valence-corrected chi connectivity index (χ0v) is 13.9. The lowest BCUT2D eigenvalue weighted by Crippen LogP contribution is -2.38. The first-order valence-corrected chi connectivity index (χ1v) is 7.93. The van der Waals surface area contributed by atoms with E-state index < -0.39 is 0 Å². The van der Waals surface area contributed by atoms with Gasteiger partial charge >= 0.3 is 0 Å². The molecule has 0 fully saturated rings. The van der Waals surface area contributed by atoms with E-state index >= 15 is 0 Å². The van der Waals surface area contributed by atoms with Gasteiger partial charge in [-0.3, -0.25) is 14.6 Å². The van der Waals surface area contributed by atoms with E-state index in [4.69, 9.17) is 0 Å². The Balaban J connectivity index is 2.03. The molecule has 0 aliphatic heterocycles. The average molecular weight is 313 g/mol. The van der Waals surface area contributed by atoms with Crippen LogP contribution in [0.5, 0.6) is 0 Å². The largest absolute Gasteiger partial charge is 0.340 e. The van der Waals surface area contributed by atoms with E-state index in [1.54, 1.807) is 18.0 Å². The van der Waals surface area contributed by atoms with E-state index in [1.165, 1.54) is 0 Å². The number of nitrogens with zero attached hydrogens (tertiary/aromatic N) is 2. The summed E-state index contributed by atoms with van der Waals surface area (Å²) in [5.74, 6) is -0.114. The highest BCUT2D eigenvalue weighted by molar-refractivity contribution is 6.00. The number of amides is 2. The third-order valence-electron chi connectivity index (χ3n) is 4.01. The van der Waals surface area contributed by atoms with Gasteiger partial charge in [-0.25, -0.2) is 0 Å². The molecule has 122 valence electrons. The highest BCUT2D eigenvalue weighted by Gasteiger charge is 2.16. The van der Waals surface area contributed by atoms with Crippen LogP contribution < -0.4 is 5.32 Å². The van der Waals surface area contributed by atoms with Crippen molar-refractivity contribution in [2.24, 2.45) is 0 Å². The summed E-state index contributed by atoms with van der Waals surface area (Å²) in [5.41, 5.74) is 1.47. The van der Waals surface area contributed by atoms with E-state index in [1.807, 2.05) is 44.2 Å². The van der Waals surface area contributed by atoms with Gasteiger partial charge in [0.2, 0.25) is 11.8 Å². The van der Waals surface area contributed by atoms with E-state index in [0.29, 0.717) is 12.2 Å². The minimum absolute atomic E-state index is 0.000947. The fourth-order valence-corrected chi connectivity index (χ4v) is 2.55. The maximum Gasteiger partial charge on any atom is 0.226 e. The normalized spacial score (nSPS) is 12.0. The van der Waals surface area contributed by atoms with Gasteiger partial charge in [0.05, 0.1) is 11.2 Å². The Hall–Kier alpha value is -2.43. The molecule has 0 radical (unpaired) electrons. The van der Waals surface area contributed by atoms with Gasteiger partial charge in [0.15, 0.2) is 0 Å². The van der Waals surface area contributed by atoms with Crippen LogP contribution in [0.25, 0.3) is 10.9 Å². The molecular formula is C18H23N3O2. The number of anilines is 1. The van der Waals surface area contributed by atoms with Crippen LogP contribution in [-0.2, 0) is 9.59 Å². The third kappa shape index (κ3) is 4.28. The van der Waals surface area contributed by atoms with E-state index in [2.05, 4.69) is 10.3 Å². The molecule has 1 aromatic heterocycles. The van der Waals surface area contributed by atoms with Crippen LogP contribution in [0.4, 0.5) is 5.69 Å².